The Balaban J connectivity index is 3.01. The van der Waals surface area contributed by atoms with Crippen LogP contribution in [0.4, 0.5) is 11.5 Å². The monoisotopic (exact) mass is 167 g/mol. The van der Waals surface area contributed by atoms with Gasteiger partial charge in [0.15, 0.2) is 5.82 Å². The standard InChI is InChI=1S/C8H13N3O/c1-6-4-7(9)5-10-8(6)11(2)12-3/h4-5H,9H2,1-3H3. The van der Waals surface area contributed by atoms with E-state index in [0.717, 1.165) is 11.4 Å². The van der Waals surface area contributed by atoms with Gasteiger partial charge in [-0.1, -0.05) is 0 Å². The molecule has 0 aromatic carbocycles. The molecule has 0 saturated carbocycles. The van der Waals surface area contributed by atoms with Crippen LogP contribution < -0.4 is 10.8 Å². The molecule has 0 radical (unpaired) electrons. The number of aromatic nitrogens is 1. The predicted octanol–water partition coefficient (Wildman–Crippen LogP) is 0.970. The van der Waals surface area contributed by atoms with Crippen LogP contribution in [-0.2, 0) is 4.84 Å². The second-order valence-electron chi connectivity index (χ2n) is 2.59. The average Bonchev–Trinajstić information content (AvgIpc) is 2.03. The number of rotatable bonds is 2. The summed E-state index contributed by atoms with van der Waals surface area (Å²) in [5.41, 5.74) is 7.21. The van der Waals surface area contributed by atoms with Crippen LogP contribution in [0.5, 0.6) is 0 Å². The first-order valence-corrected chi connectivity index (χ1v) is 3.65. The molecule has 12 heavy (non-hydrogen) atoms. The Kier molecular flexibility index (Phi) is 2.50. The Hall–Kier alpha value is -1.29. The van der Waals surface area contributed by atoms with Crippen molar-refractivity contribution in [1.82, 2.24) is 4.98 Å². The van der Waals surface area contributed by atoms with Gasteiger partial charge in [-0.2, -0.15) is 0 Å². The topological polar surface area (TPSA) is 51.4 Å². The summed E-state index contributed by atoms with van der Waals surface area (Å²) < 4.78 is 0. The summed E-state index contributed by atoms with van der Waals surface area (Å²) in [4.78, 5) is 9.11. The Morgan fingerprint density at radius 2 is 2.25 bits per heavy atom. The summed E-state index contributed by atoms with van der Waals surface area (Å²) in [6.45, 7) is 1.94. The van der Waals surface area contributed by atoms with E-state index >= 15 is 0 Å². The average molecular weight is 167 g/mol. The quantitative estimate of drug-likeness (QED) is 0.667. The van der Waals surface area contributed by atoms with Crippen molar-refractivity contribution in [2.24, 2.45) is 0 Å². The van der Waals surface area contributed by atoms with E-state index in [9.17, 15) is 0 Å². The molecule has 0 spiro atoms. The van der Waals surface area contributed by atoms with Gasteiger partial charge in [0.05, 0.1) is 19.0 Å². The molecule has 0 saturated heterocycles. The molecule has 0 fully saturated rings. The highest BCUT2D eigenvalue weighted by atomic mass is 16.7. The van der Waals surface area contributed by atoms with Gasteiger partial charge >= 0.3 is 0 Å². The molecule has 1 heterocycles. The molecule has 1 aromatic rings. The number of hydroxylamine groups is 1. The van der Waals surface area contributed by atoms with Gasteiger partial charge in [0.1, 0.15) is 0 Å². The molecule has 2 N–H and O–H groups in total. The molecule has 0 amide bonds. The number of pyridine rings is 1. The highest BCUT2D eigenvalue weighted by Gasteiger charge is 2.04. The first kappa shape index (κ1) is 8.80. The summed E-state index contributed by atoms with van der Waals surface area (Å²) in [5.74, 6) is 0.784. The lowest BCUT2D eigenvalue weighted by molar-refractivity contribution is 0.182. The van der Waals surface area contributed by atoms with E-state index in [2.05, 4.69) is 4.98 Å². The van der Waals surface area contributed by atoms with Crippen LogP contribution in [-0.4, -0.2) is 19.1 Å². The molecule has 0 aliphatic heterocycles. The van der Waals surface area contributed by atoms with Crippen molar-refractivity contribution >= 4 is 11.5 Å². The van der Waals surface area contributed by atoms with Crippen molar-refractivity contribution in [3.05, 3.63) is 17.8 Å². The molecule has 0 aliphatic rings. The number of nitrogen functional groups attached to an aromatic ring is 1. The normalized spacial score (nSPS) is 9.92. The van der Waals surface area contributed by atoms with Crippen LogP contribution in [0.2, 0.25) is 0 Å². The fourth-order valence-electron chi connectivity index (χ4n) is 1.01. The van der Waals surface area contributed by atoms with Gasteiger partial charge < -0.3 is 5.73 Å². The van der Waals surface area contributed by atoms with E-state index < -0.39 is 0 Å². The highest BCUT2D eigenvalue weighted by Crippen LogP contribution is 2.16. The second kappa shape index (κ2) is 3.40. The zero-order chi connectivity index (χ0) is 9.14. The van der Waals surface area contributed by atoms with Crippen LogP contribution in [0.15, 0.2) is 12.3 Å². The number of hydrogen-bond donors (Lipinski definition) is 1. The van der Waals surface area contributed by atoms with Crippen LogP contribution >= 0.6 is 0 Å². The van der Waals surface area contributed by atoms with Crippen molar-refractivity contribution in [1.29, 1.82) is 0 Å². The predicted molar refractivity (Wildman–Crippen MR) is 48.8 cm³/mol. The fourth-order valence-corrected chi connectivity index (χ4v) is 1.01. The lowest BCUT2D eigenvalue weighted by Gasteiger charge is -2.16. The lowest BCUT2D eigenvalue weighted by atomic mass is 10.2. The Labute approximate surface area is 71.9 Å². The lowest BCUT2D eigenvalue weighted by Crippen LogP contribution is -2.17. The van der Waals surface area contributed by atoms with Gasteiger partial charge in [-0.15, -0.1) is 0 Å². The van der Waals surface area contributed by atoms with Gasteiger partial charge in [0.25, 0.3) is 0 Å². The minimum Gasteiger partial charge on any atom is -0.397 e. The third kappa shape index (κ3) is 1.65. The van der Waals surface area contributed by atoms with E-state index in [-0.39, 0.29) is 0 Å². The fraction of sp³-hybridized carbons (Fsp3) is 0.375. The second-order valence-corrected chi connectivity index (χ2v) is 2.59. The van der Waals surface area contributed by atoms with E-state index in [1.165, 1.54) is 0 Å². The Morgan fingerprint density at radius 3 is 2.75 bits per heavy atom. The maximum Gasteiger partial charge on any atom is 0.155 e. The maximum absolute atomic E-state index is 5.55. The molecule has 1 rings (SSSR count). The van der Waals surface area contributed by atoms with E-state index in [4.69, 9.17) is 10.6 Å². The van der Waals surface area contributed by atoms with E-state index in [1.54, 1.807) is 25.4 Å². The van der Waals surface area contributed by atoms with Gasteiger partial charge in [-0.05, 0) is 18.6 Å². The van der Waals surface area contributed by atoms with Crippen molar-refractivity contribution < 1.29 is 4.84 Å². The number of nitrogens with zero attached hydrogens (tertiary/aromatic N) is 2. The molecule has 1 aromatic heterocycles. The zero-order valence-corrected chi connectivity index (χ0v) is 7.53. The summed E-state index contributed by atoms with van der Waals surface area (Å²) >= 11 is 0. The smallest absolute Gasteiger partial charge is 0.155 e. The SMILES string of the molecule is CON(C)c1ncc(N)cc1C. The molecule has 4 nitrogen and oxygen atoms in total. The Morgan fingerprint density at radius 1 is 1.58 bits per heavy atom. The third-order valence-corrected chi connectivity index (χ3v) is 1.64. The van der Waals surface area contributed by atoms with Crippen molar-refractivity contribution in [2.75, 3.05) is 25.0 Å². The number of aryl methyl sites for hydroxylation is 1. The van der Waals surface area contributed by atoms with Crippen LogP contribution in [0, 0.1) is 6.92 Å². The number of hydrogen-bond acceptors (Lipinski definition) is 4. The van der Waals surface area contributed by atoms with Crippen molar-refractivity contribution in [3.8, 4) is 0 Å². The minimum absolute atomic E-state index is 0.667. The highest BCUT2D eigenvalue weighted by molar-refractivity contribution is 5.50. The minimum atomic E-state index is 0.667. The molecule has 0 atom stereocenters. The molecule has 4 heteroatoms. The maximum atomic E-state index is 5.55. The summed E-state index contributed by atoms with van der Waals surface area (Å²) in [6.07, 6.45) is 1.61. The zero-order valence-electron chi connectivity index (χ0n) is 7.53. The summed E-state index contributed by atoms with van der Waals surface area (Å²) in [5, 5.41) is 1.59. The summed E-state index contributed by atoms with van der Waals surface area (Å²) in [6, 6.07) is 1.86. The first-order valence-electron chi connectivity index (χ1n) is 3.65. The van der Waals surface area contributed by atoms with Gasteiger partial charge in [-0.3, -0.25) is 4.84 Å². The first-order chi connectivity index (χ1) is 5.65. The third-order valence-electron chi connectivity index (χ3n) is 1.64. The van der Waals surface area contributed by atoms with Crippen molar-refractivity contribution in [2.45, 2.75) is 6.92 Å². The van der Waals surface area contributed by atoms with E-state index in [0.29, 0.717) is 5.69 Å². The van der Waals surface area contributed by atoms with Crippen molar-refractivity contribution in [3.63, 3.8) is 0 Å². The molecule has 0 bridgehead atoms. The molecule has 0 aliphatic carbocycles. The molecular formula is C8H13N3O. The molecule has 0 unspecified atom stereocenters. The molecule has 66 valence electrons. The van der Waals surface area contributed by atoms with E-state index in [1.807, 2.05) is 13.0 Å². The Bertz CT molecular complexity index is 275. The van der Waals surface area contributed by atoms with Crippen LogP contribution in [0.25, 0.3) is 0 Å². The number of anilines is 2. The van der Waals surface area contributed by atoms with Crippen LogP contribution in [0.1, 0.15) is 5.56 Å². The molecular weight excluding hydrogens is 154 g/mol. The van der Waals surface area contributed by atoms with Crippen LogP contribution in [0.3, 0.4) is 0 Å². The largest absolute Gasteiger partial charge is 0.397 e. The number of nitrogens with two attached hydrogens (primary N) is 1. The van der Waals surface area contributed by atoms with Gasteiger partial charge in [0, 0.05) is 7.05 Å². The van der Waals surface area contributed by atoms with Gasteiger partial charge in [-0.25, -0.2) is 10.0 Å². The van der Waals surface area contributed by atoms with Gasteiger partial charge in [0.2, 0.25) is 0 Å². The summed E-state index contributed by atoms with van der Waals surface area (Å²) in [7, 11) is 3.39.